The Kier molecular flexibility index (Phi) is 5.42. The second kappa shape index (κ2) is 7.58. The number of rotatable bonds is 4. The zero-order valence-corrected chi connectivity index (χ0v) is 15.2. The summed E-state index contributed by atoms with van der Waals surface area (Å²) in [4.78, 5) is 16.6. The van der Waals surface area contributed by atoms with Crippen molar-refractivity contribution < 1.29 is 22.7 Å². The smallest absolute Gasteiger partial charge is 0.471 e. The molecule has 138 valence electrons. The van der Waals surface area contributed by atoms with Gasteiger partial charge in [0.25, 0.3) is 0 Å². The highest BCUT2D eigenvalue weighted by atomic mass is 32.2. The molecule has 0 bridgehead atoms. The number of alkyl halides is 3. The predicted molar refractivity (Wildman–Crippen MR) is 96.6 cm³/mol. The molecule has 3 rings (SSSR count). The predicted octanol–water partition coefficient (Wildman–Crippen LogP) is 4.33. The largest absolute Gasteiger partial charge is 0.497 e. The molecule has 26 heavy (non-hydrogen) atoms. The van der Waals surface area contributed by atoms with E-state index in [2.05, 4.69) is 10.3 Å². The zero-order valence-electron chi connectivity index (χ0n) is 13.5. The van der Waals surface area contributed by atoms with Gasteiger partial charge in [-0.25, -0.2) is 4.98 Å². The monoisotopic (exact) mass is 401 g/mol. The maximum Gasteiger partial charge on any atom is 0.471 e. The van der Waals surface area contributed by atoms with E-state index in [-0.39, 0.29) is 11.6 Å². The fraction of sp³-hybridized carbons (Fsp3) is 0.250. The minimum absolute atomic E-state index is 0.0376. The van der Waals surface area contributed by atoms with Crippen molar-refractivity contribution in [3.63, 3.8) is 0 Å². The molecule has 2 aromatic rings. The number of methoxy groups -OCH3 is 1. The Hall–Kier alpha value is -2.20. The summed E-state index contributed by atoms with van der Waals surface area (Å²) >= 11 is 2.52. The van der Waals surface area contributed by atoms with E-state index in [0.29, 0.717) is 16.6 Å². The van der Waals surface area contributed by atoms with E-state index >= 15 is 0 Å². The second-order valence-electron chi connectivity index (χ2n) is 5.22. The number of thioether (sulfide) groups is 1. The lowest BCUT2D eigenvalue weighted by Crippen LogP contribution is -2.38. The van der Waals surface area contributed by atoms with Crippen LogP contribution in [0, 0.1) is 0 Å². The summed E-state index contributed by atoms with van der Waals surface area (Å²) in [7, 11) is 1.58. The van der Waals surface area contributed by atoms with Gasteiger partial charge in [0.1, 0.15) is 5.75 Å². The number of ether oxygens (including phenoxy) is 1. The molecule has 1 aliphatic heterocycles. The van der Waals surface area contributed by atoms with Crippen molar-refractivity contribution in [1.82, 2.24) is 9.88 Å². The van der Waals surface area contributed by atoms with Crippen LogP contribution in [0.3, 0.4) is 0 Å². The quantitative estimate of drug-likeness (QED) is 0.826. The first-order chi connectivity index (χ1) is 12.4. The van der Waals surface area contributed by atoms with Crippen LogP contribution in [0.4, 0.5) is 24.0 Å². The van der Waals surface area contributed by atoms with Gasteiger partial charge < -0.3 is 10.1 Å². The molecule has 1 saturated heterocycles. The number of nitrogens with zero attached hydrogens (tertiary/aromatic N) is 2. The Morgan fingerprint density at radius 2 is 2.08 bits per heavy atom. The molecule has 1 aromatic heterocycles. The topological polar surface area (TPSA) is 54.5 Å². The molecule has 10 heteroatoms. The van der Waals surface area contributed by atoms with Gasteiger partial charge in [0.05, 0.1) is 17.8 Å². The number of amides is 1. The Bertz CT molecular complexity index is 819. The van der Waals surface area contributed by atoms with Crippen LogP contribution in [0.5, 0.6) is 5.75 Å². The van der Waals surface area contributed by atoms with E-state index in [4.69, 9.17) is 4.74 Å². The van der Waals surface area contributed by atoms with Crippen LogP contribution in [-0.2, 0) is 4.79 Å². The molecule has 0 radical (unpaired) electrons. The molecule has 0 spiro atoms. The highest BCUT2D eigenvalue weighted by molar-refractivity contribution is 8.03. The molecule has 0 unspecified atom stereocenters. The van der Waals surface area contributed by atoms with Crippen LogP contribution in [0.2, 0.25) is 0 Å². The number of carbonyl (C=O) groups is 1. The SMILES string of the molecule is COc1ccc(Nc2nc(/C=C3/SCCN3C(=O)C(F)(F)F)cs2)cc1. The average Bonchev–Trinajstić information content (AvgIpc) is 3.24. The molecule has 0 atom stereocenters. The van der Waals surface area contributed by atoms with E-state index in [0.717, 1.165) is 16.3 Å². The van der Waals surface area contributed by atoms with Crippen LogP contribution in [0.25, 0.3) is 6.08 Å². The number of halogens is 3. The summed E-state index contributed by atoms with van der Waals surface area (Å²) < 4.78 is 43.0. The van der Waals surface area contributed by atoms with E-state index < -0.39 is 12.1 Å². The maximum atomic E-state index is 12.7. The van der Waals surface area contributed by atoms with E-state index in [1.54, 1.807) is 24.6 Å². The Labute approximate surface area is 155 Å². The lowest BCUT2D eigenvalue weighted by molar-refractivity contribution is -0.182. The van der Waals surface area contributed by atoms with E-state index in [1.807, 2.05) is 12.1 Å². The first kappa shape index (κ1) is 18.6. The van der Waals surface area contributed by atoms with Crippen LogP contribution >= 0.6 is 23.1 Å². The van der Waals surface area contributed by atoms with Gasteiger partial charge in [0, 0.05) is 23.4 Å². The number of nitrogens with one attached hydrogen (secondary N) is 1. The third-order valence-corrected chi connectivity index (χ3v) is 5.25. The van der Waals surface area contributed by atoms with Gasteiger partial charge in [-0.1, -0.05) is 0 Å². The highest BCUT2D eigenvalue weighted by Crippen LogP contribution is 2.34. The van der Waals surface area contributed by atoms with Gasteiger partial charge in [-0.05, 0) is 30.3 Å². The molecule has 1 amide bonds. The number of hydrogen-bond donors (Lipinski definition) is 1. The van der Waals surface area contributed by atoms with Crippen molar-refractivity contribution in [2.75, 3.05) is 24.7 Å². The van der Waals surface area contributed by atoms with Crippen molar-refractivity contribution in [1.29, 1.82) is 0 Å². The Morgan fingerprint density at radius 3 is 2.73 bits per heavy atom. The van der Waals surface area contributed by atoms with Gasteiger partial charge in [-0.15, -0.1) is 23.1 Å². The van der Waals surface area contributed by atoms with Crippen molar-refractivity contribution >= 4 is 45.9 Å². The van der Waals surface area contributed by atoms with E-state index in [1.165, 1.54) is 29.2 Å². The van der Waals surface area contributed by atoms with Crippen molar-refractivity contribution in [3.05, 3.63) is 40.4 Å². The van der Waals surface area contributed by atoms with Crippen LogP contribution < -0.4 is 10.1 Å². The number of carbonyl (C=O) groups excluding carboxylic acids is 1. The van der Waals surface area contributed by atoms with Gasteiger partial charge in [0.15, 0.2) is 5.13 Å². The van der Waals surface area contributed by atoms with Gasteiger partial charge in [-0.3, -0.25) is 9.69 Å². The van der Waals surface area contributed by atoms with Crippen molar-refractivity contribution in [2.24, 2.45) is 0 Å². The third kappa shape index (κ3) is 4.31. The maximum absolute atomic E-state index is 12.7. The summed E-state index contributed by atoms with van der Waals surface area (Å²) in [5, 5.41) is 5.68. The minimum Gasteiger partial charge on any atom is -0.497 e. The summed E-state index contributed by atoms with van der Waals surface area (Å²) in [6, 6.07) is 7.26. The summed E-state index contributed by atoms with van der Waals surface area (Å²) in [6.07, 6.45) is -3.38. The number of hydrogen-bond acceptors (Lipinski definition) is 6. The van der Waals surface area contributed by atoms with Gasteiger partial charge >= 0.3 is 12.1 Å². The summed E-state index contributed by atoms with van der Waals surface area (Å²) in [5.74, 6) is -0.692. The van der Waals surface area contributed by atoms with Crippen LogP contribution in [0.1, 0.15) is 5.69 Å². The fourth-order valence-corrected chi connectivity index (χ4v) is 3.94. The molecule has 1 aliphatic rings. The molecular formula is C16H14F3N3O2S2. The first-order valence-electron chi connectivity index (χ1n) is 7.46. The molecule has 1 aromatic carbocycles. The van der Waals surface area contributed by atoms with Crippen LogP contribution in [-0.4, -0.2) is 41.4 Å². The minimum atomic E-state index is -4.88. The number of aromatic nitrogens is 1. The Balaban J connectivity index is 1.72. The summed E-state index contributed by atoms with van der Waals surface area (Å²) in [6.45, 7) is 0.0376. The molecule has 1 fully saturated rings. The number of thiazole rings is 1. The first-order valence-corrected chi connectivity index (χ1v) is 9.33. The molecular weight excluding hydrogens is 387 g/mol. The van der Waals surface area contributed by atoms with Crippen LogP contribution in [0.15, 0.2) is 34.7 Å². The van der Waals surface area contributed by atoms with Crippen molar-refractivity contribution in [2.45, 2.75) is 6.18 Å². The normalized spacial score (nSPS) is 16.2. The number of anilines is 2. The average molecular weight is 401 g/mol. The van der Waals surface area contributed by atoms with E-state index in [9.17, 15) is 18.0 Å². The fourth-order valence-electron chi connectivity index (χ4n) is 2.24. The third-order valence-electron chi connectivity index (χ3n) is 3.45. The van der Waals surface area contributed by atoms with Gasteiger partial charge in [-0.2, -0.15) is 13.2 Å². The standard InChI is InChI=1S/C16H14F3N3O2S2/c1-24-12-4-2-10(3-5-12)20-15-21-11(9-26-15)8-13-22(6-7-25-13)14(23)16(17,18)19/h2-5,8-9H,6-7H2,1H3,(H,20,21)/b13-8+. The van der Waals surface area contributed by atoms with Gasteiger partial charge in [0.2, 0.25) is 0 Å². The molecule has 5 nitrogen and oxygen atoms in total. The lowest BCUT2D eigenvalue weighted by atomic mass is 10.3. The zero-order chi connectivity index (χ0) is 18.7. The second-order valence-corrected chi connectivity index (χ2v) is 7.19. The molecule has 2 heterocycles. The number of benzene rings is 1. The van der Waals surface area contributed by atoms with Crippen molar-refractivity contribution in [3.8, 4) is 5.75 Å². The molecule has 1 N–H and O–H groups in total. The molecule has 0 saturated carbocycles. The summed E-state index contributed by atoms with van der Waals surface area (Å²) in [5.41, 5.74) is 1.30. The lowest BCUT2D eigenvalue weighted by Gasteiger charge is -2.18. The molecule has 0 aliphatic carbocycles. The Morgan fingerprint density at radius 1 is 1.35 bits per heavy atom. The highest BCUT2D eigenvalue weighted by Gasteiger charge is 2.44.